The molecule has 6 atom stereocenters. The van der Waals surface area contributed by atoms with Crippen molar-refractivity contribution in [1.29, 1.82) is 0 Å². The van der Waals surface area contributed by atoms with Gasteiger partial charge in [0.2, 0.25) is 0 Å². The zero-order chi connectivity index (χ0) is 25.4. The minimum atomic E-state index is 0.0527. The Morgan fingerprint density at radius 1 is 0.529 bits per heavy atom. The van der Waals surface area contributed by atoms with Crippen molar-refractivity contribution < 1.29 is 0 Å². The Morgan fingerprint density at radius 3 is 1.53 bits per heavy atom. The number of fused-ring (bicyclic) bond motifs is 3. The molecule has 6 unspecified atom stereocenters. The summed E-state index contributed by atoms with van der Waals surface area (Å²) >= 11 is 0. The smallest absolute Gasteiger partial charge is 0.135 e. The van der Waals surface area contributed by atoms with E-state index in [1.807, 2.05) is 0 Å². The maximum atomic E-state index is 5.34. The van der Waals surface area contributed by atoms with E-state index in [2.05, 4.69) is 83.1 Å². The fourth-order valence-electron chi connectivity index (χ4n) is 6.83. The fraction of sp³-hybridized carbons (Fsp3) is 0.867. The van der Waals surface area contributed by atoms with Crippen LogP contribution in [-0.4, -0.2) is 29.3 Å². The Balaban J connectivity index is 1.73. The fourth-order valence-corrected chi connectivity index (χ4v) is 6.83. The molecule has 4 nitrogen and oxygen atoms in total. The maximum Gasteiger partial charge on any atom is 0.135 e. The number of nitrogens with zero attached hydrogens (tertiary/aromatic N) is 4. The highest BCUT2D eigenvalue weighted by molar-refractivity contribution is 6.13. The highest BCUT2D eigenvalue weighted by atomic mass is 15.1. The molecule has 0 spiro atoms. The van der Waals surface area contributed by atoms with Gasteiger partial charge in [0.15, 0.2) is 0 Å². The van der Waals surface area contributed by atoms with E-state index in [0.29, 0.717) is 35.6 Å². The molecule has 0 saturated heterocycles. The van der Waals surface area contributed by atoms with Crippen LogP contribution in [0, 0.1) is 51.2 Å². The highest BCUT2D eigenvalue weighted by Crippen LogP contribution is 2.49. The summed E-state index contributed by atoms with van der Waals surface area (Å²) in [5.74, 6) is 5.59. The molecule has 4 aliphatic rings. The van der Waals surface area contributed by atoms with E-state index in [0.717, 1.165) is 30.3 Å². The molecule has 0 saturated carbocycles. The third kappa shape index (κ3) is 4.85. The van der Waals surface area contributed by atoms with Crippen LogP contribution < -0.4 is 0 Å². The van der Waals surface area contributed by atoms with Gasteiger partial charge in [-0.05, 0) is 47.8 Å². The van der Waals surface area contributed by atoms with E-state index in [9.17, 15) is 0 Å². The van der Waals surface area contributed by atoms with Gasteiger partial charge in [0, 0.05) is 34.8 Å². The molecule has 190 valence electrons. The Bertz CT molecular complexity index is 936. The van der Waals surface area contributed by atoms with Crippen LogP contribution in [0.15, 0.2) is 20.0 Å². The van der Waals surface area contributed by atoms with Gasteiger partial charge in [-0.2, -0.15) is 0 Å². The summed E-state index contributed by atoms with van der Waals surface area (Å²) in [6.45, 7) is 28.2. The van der Waals surface area contributed by atoms with Gasteiger partial charge in [-0.3, -0.25) is 4.99 Å². The predicted octanol–water partition coefficient (Wildman–Crippen LogP) is 7.87. The molecular formula is C30H50N4. The van der Waals surface area contributed by atoms with E-state index in [1.165, 1.54) is 18.6 Å². The van der Waals surface area contributed by atoms with Crippen LogP contribution in [0.3, 0.4) is 0 Å². The van der Waals surface area contributed by atoms with Crippen molar-refractivity contribution in [2.24, 2.45) is 71.2 Å². The zero-order valence-corrected chi connectivity index (χ0v) is 24.1. The Kier molecular flexibility index (Phi) is 6.14. The lowest BCUT2D eigenvalue weighted by molar-refractivity contribution is 0.0997. The largest absolute Gasteiger partial charge is 0.266 e. The van der Waals surface area contributed by atoms with Crippen LogP contribution in [0.2, 0.25) is 0 Å². The van der Waals surface area contributed by atoms with E-state index < -0.39 is 0 Å². The van der Waals surface area contributed by atoms with Gasteiger partial charge >= 0.3 is 0 Å². The predicted molar refractivity (Wildman–Crippen MR) is 147 cm³/mol. The van der Waals surface area contributed by atoms with Crippen molar-refractivity contribution in [3.63, 3.8) is 0 Å². The topological polar surface area (TPSA) is 49.4 Å². The summed E-state index contributed by atoms with van der Waals surface area (Å²) in [4.78, 5) is 20.9. The monoisotopic (exact) mass is 466 g/mol. The minimum Gasteiger partial charge on any atom is -0.266 e. The number of hydrogen-bond donors (Lipinski definition) is 0. The van der Waals surface area contributed by atoms with Gasteiger partial charge in [-0.25, -0.2) is 15.0 Å². The van der Waals surface area contributed by atoms with Gasteiger partial charge in [-0.15, -0.1) is 0 Å². The van der Waals surface area contributed by atoms with Crippen LogP contribution in [0.4, 0.5) is 0 Å². The Labute approximate surface area is 209 Å². The molecule has 0 amide bonds. The van der Waals surface area contributed by atoms with Crippen molar-refractivity contribution >= 4 is 23.2 Å². The molecule has 4 aliphatic heterocycles. The van der Waals surface area contributed by atoms with Crippen molar-refractivity contribution in [3.05, 3.63) is 0 Å². The van der Waals surface area contributed by atoms with E-state index in [1.54, 1.807) is 0 Å². The Hall–Kier alpha value is -1.32. The third-order valence-corrected chi connectivity index (χ3v) is 8.78. The van der Waals surface area contributed by atoms with Gasteiger partial charge < -0.3 is 0 Å². The molecule has 34 heavy (non-hydrogen) atoms. The second kappa shape index (κ2) is 8.10. The molecule has 0 bridgehead atoms. The maximum absolute atomic E-state index is 5.34. The lowest BCUT2D eigenvalue weighted by Gasteiger charge is -2.48. The highest BCUT2D eigenvalue weighted by Gasteiger charge is 2.48. The molecule has 0 aliphatic carbocycles. The van der Waals surface area contributed by atoms with Gasteiger partial charge in [-0.1, -0.05) is 83.1 Å². The summed E-state index contributed by atoms with van der Waals surface area (Å²) in [5, 5.41) is 0. The van der Waals surface area contributed by atoms with Crippen LogP contribution in [0.25, 0.3) is 0 Å². The summed E-state index contributed by atoms with van der Waals surface area (Å²) in [7, 11) is 0. The van der Waals surface area contributed by atoms with Crippen LogP contribution >= 0.6 is 0 Å². The molecule has 0 aromatic heterocycles. The number of rotatable bonds is 0. The lowest BCUT2D eigenvalue weighted by atomic mass is 9.62. The van der Waals surface area contributed by atoms with E-state index >= 15 is 0 Å². The van der Waals surface area contributed by atoms with Crippen LogP contribution in [-0.2, 0) is 0 Å². The quantitative estimate of drug-likeness (QED) is 0.349. The Morgan fingerprint density at radius 2 is 1.03 bits per heavy atom. The average Bonchev–Trinajstić information content (AvgIpc) is 2.65. The van der Waals surface area contributed by atoms with Crippen molar-refractivity contribution in [3.8, 4) is 0 Å². The molecular weight excluding hydrogens is 416 g/mol. The van der Waals surface area contributed by atoms with E-state index in [4.69, 9.17) is 20.0 Å². The van der Waals surface area contributed by atoms with Gasteiger partial charge in [0.05, 0.1) is 6.04 Å². The van der Waals surface area contributed by atoms with Crippen molar-refractivity contribution in [1.82, 2.24) is 0 Å². The van der Waals surface area contributed by atoms with Gasteiger partial charge in [0.1, 0.15) is 17.5 Å². The SMILES string of the molecule is CC(C)(C)C1=NC2=NC3=NC4=NC(C(C)(C)C)C(C(C)(C)C)CC4CC3CC2CC1C(C)(C)C. The average molecular weight is 467 g/mol. The minimum absolute atomic E-state index is 0.0527. The first kappa shape index (κ1) is 25.8. The normalized spacial score (nSPS) is 34.7. The van der Waals surface area contributed by atoms with Crippen LogP contribution in [0.5, 0.6) is 0 Å². The second-order valence-corrected chi connectivity index (χ2v) is 15.9. The zero-order valence-electron chi connectivity index (χ0n) is 24.1. The van der Waals surface area contributed by atoms with Crippen LogP contribution in [0.1, 0.15) is 109 Å². The van der Waals surface area contributed by atoms with Crippen molar-refractivity contribution in [2.75, 3.05) is 0 Å². The summed E-state index contributed by atoms with van der Waals surface area (Å²) in [6, 6.07) is 0.302. The number of aliphatic imine (C=N–C) groups is 4. The number of amidine groups is 3. The molecule has 4 rings (SSSR count). The molecule has 4 heteroatoms. The first-order valence-electron chi connectivity index (χ1n) is 13.7. The summed E-state index contributed by atoms with van der Waals surface area (Å²) < 4.78 is 0. The molecule has 4 heterocycles. The molecule has 0 N–H and O–H groups in total. The molecule has 0 radical (unpaired) electrons. The standard InChI is InChI=1S/C30H50N4/c1-27(2,3)20-15-18-13-17-14-19-16-21(28(4,5)6)23(30(10,11)12)32-25(19)34-26(17)33-24(18)31-22(20)29(7,8)9/h17-22H,13-16H2,1-12H3. The first-order chi connectivity index (χ1) is 15.4. The lowest BCUT2D eigenvalue weighted by Crippen LogP contribution is -2.48. The summed E-state index contributed by atoms with van der Waals surface area (Å²) in [6.07, 6.45) is 4.68. The van der Waals surface area contributed by atoms with Crippen molar-refractivity contribution in [2.45, 2.75) is 115 Å². The van der Waals surface area contributed by atoms with E-state index in [-0.39, 0.29) is 21.7 Å². The second-order valence-electron chi connectivity index (χ2n) is 15.9. The number of hydrogen-bond acceptors (Lipinski definition) is 4. The molecule has 0 fully saturated rings. The van der Waals surface area contributed by atoms with Gasteiger partial charge in [0.25, 0.3) is 0 Å². The first-order valence-corrected chi connectivity index (χ1v) is 13.7. The molecule has 0 aromatic carbocycles. The third-order valence-electron chi connectivity index (χ3n) is 8.78. The molecule has 0 aromatic rings. The summed E-state index contributed by atoms with van der Waals surface area (Å²) in [5.41, 5.74) is 1.96.